The Morgan fingerprint density at radius 2 is 1.92 bits per heavy atom. The zero-order valence-corrected chi connectivity index (χ0v) is 21.2. The van der Waals surface area contributed by atoms with E-state index in [4.69, 9.17) is 4.74 Å². The molecule has 4 heterocycles. The molecule has 8 nitrogen and oxygen atoms in total. The molecule has 0 amide bonds. The number of benzene rings is 1. The SMILES string of the molecule is COCCN1C[C@@H](CC(=O)Cc2cc(-c3cnc4c(cnn4C)c3)nn2C)[C@H](c2ccc(F)c(F)c2)C1. The highest BCUT2D eigenvalue weighted by Crippen LogP contribution is 2.36. The number of aromatic nitrogens is 5. The van der Waals surface area contributed by atoms with Crippen molar-refractivity contribution in [2.24, 2.45) is 20.0 Å². The lowest BCUT2D eigenvalue weighted by atomic mass is 9.85. The Balaban J connectivity index is 1.31. The van der Waals surface area contributed by atoms with Crippen LogP contribution < -0.4 is 0 Å². The minimum Gasteiger partial charge on any atom is -0.383 e. The monoisotopic (exact) mass is 508 g/mol. The smallest absolute Gasteiger partial charge is 0.159 e. The Morgan fingerprint density at radius 3 is 2.70 bits per heavy atom. The first kappa shape index (κ1) is 25.2. The Hall–Kier alpha value is -3.50. The number of methoxy groups -OCH3 is 1. The van der Waals surface area contributed by atoms with Gasteiger partial charge in [-0.25, -0.2) is 13.8 Å². The summed E-state index contributed by atoms with van der Waals surface area (Å²) in [6.45, 7) is 2.67. The summed E-state index contributed by atoms with van der Waals surface area (Å²) in [7, 11) is 5.32. The predicted octanol–water partition coefficient (Wildman–Crippen LogP) is 3.51. The minimum absolute atomic E-state index is 0.000830. The van der Waals surface area contributed by atoms with Gasteiger partial charge in [-0.15, -0.1) is 0 Å². The van der Waals surface area contributed by atoms with Crippen molar-refractivity contribution in [1.29, 1.82) is 0 Å². The number of hydrogen-bond donors (Lipinski definition) is 0. The average Bonchev–Trinajstić information content (AvgIpc) is 3.56. The number of ether oxygens (including phenoxy) is 1. The van der Waals surface area contributed by atoms with Crippen molar-refractivity contribution in [1.82, 2.24) is 29.4 Å². The highest BCUT2D eigenvalue weighted by molar-refractivity contribution is 5.82. The van der Waals surface area contributed by atoms with E-state index in [1.807, 2.05) is 26.2 Å². The molecular weight excluding hydrogens is 478 g/mol. The van der Waals surface area contributed by atoms with Gasteiger partial charge >= 0.3 is 0 Å². The third kappa shape index (κ3) is 5.30. The van der Waals surface area contributed by atoms with Crippen LogP contribution in [0.2, 0.25) is 0 Å². The van der Waals surface area contributed by atoms with Crippen LogP contribution in [0.5, 0.6) is 0 Å². The van der Waals surface area contributed by atoms with Crippen LogP contribution in [0, 0.1) is 17.6 Å². The number of carbonyl (C=O) groups is 1. The van der Waals surface area contributed by atoms with Gasteiger partial charge in [0.15, 0.2) is 17.3 Å². The maximum Gasteiger partial charge on any atom is 0.159 e. The number of likely N-dealkylation sites (tertiary alicyclic amines) is 1. The van der Waals surface area contributed by atoms with Gasteiger partial charge in [0.1, 0.15) is 5.78 Å². The molecule has 2 atom stereocenters. The number of pyridine rings is 1. The second-order valence-corrected chi connectivity index (χ2v) is 9.76. The fourth-order valence-electron chi connectivity index (χ4n) is 5.25. The molecule has 0 radical (unpaired) electrons. The summed E-state index contributed by atoms with van der Waals surface area (Å²) in [5.41, 5.74) is 3.93. The zero-order chi connectivity index (χ0) is 26.1. The highest BCUT2D eigenvalue weighted by atomic mass is 19.2. The summed E-state index contributed by atoms with van der Waals surface area (Å²) in [6, 6.07) is 7.96. The van der Waals surface area contributed by atoms with E-state index in [0.717, 1.165) is 46.2 Å². The lowest BCUT2D eigenvalue weighted by molar-refractivity contribution is -0.119. The maximum absolute atomic E-state index is 14.0. The largest absolute Gasteiger partial charge is 0.383 e. The average molecular weight is 509 g/mol. The minimum atomic E-state index is -0.865. The Kier molecular flexibility index (Phi) is 7.12. The summed E-state index contributed by atoms with van der Waals surface area (Å²) in [4.78, 5) is 19.9. The Morgan fingerprint density at radius 1 is 1.08 bits per heavy atom. The van der Waals surface area contributed by atoms with Crippen LogP contribution in [0.25, 0.3) is 22.3 Å². The van der Waals surface area contributed by atoms with Gasteiger partial charge in [0.2, 0.25) is 0 Å². The van der Waals surface area contributed by atoms with Crippen molar-refractivity contribution in [3.8, 4) is 11.3 Å². The van der Waals surface area contributed by atoms with Gasteiger partial charge in [0, 0.05) is 82.4 Å². The van der Waals surface area contributed by atoms with Gasteiger partial charge in [-0.1, -0.05) is 6.07 Å². The molecule has 1 aromatic carbocycles. The highest BCUT2D eigenvalue weighted by Gasteiger charge is 2.35. The number of halogens is 2. The molecule has 0 aliphatic carbocycles. The number of aryl methyl sites for hydroxylation is 2. The molecule has 0 N–H and O–H groups in total. The normalized spacial score (nSPS) is 18.2. The molecule has 1 aliphatic heterocycles. The van der Waals surface area contributed by atoms with Gasteiger partial charge in [0.25, 0.3) is 0 Å². The van der Waals surface area contributed by atoms with E-state index in [0.29, 0.717) is 26.1 Å². The molecular formula is C27H30F2N6O2. The molecule has 1 saturated heterocycles. The summed E-state index contributed by atoms with van der Waals surface area (Å²) < 4.78 is 36.2. The van der Waals surface area contributed by atoms with E-state index in [2.05, 4.69) is 20.1 Å². The quantitative estimate of drug-likeness (QED) is 0.344. The maximum atomic E-state index is 14.0. The van der Waals surface area contributed by atoms with Crippen LogP contribution in [0.4, 0.5) is 8.78 Å². The molecule has 5 rings (SSSR count). The van der Waals surface area contributed by atoms with Crippen LogP contribution in [0.3, 0.4) is 0 Å². The van der Waals surface area contributed by atoms with Gasteiger partial charge < -0.3 is 9.64 Å². The Bertz CT molecular complexity index is 1430. The van der Waals surface area contributed by atoms with Crippen LogP contribution in [0.15, 0.2) is 42.7 Å². The fourth-order valence-corrected chi connectivity index (χ4v) is 5.25. The van der Waals surface area contributed by atoms with E-state index in [1.54, 1.807) is 34.9 Å². The van der Waals surface area contributed by atoms with Gasteiger partial charge in [-0.2, -0.15) is 10.2 Å². The van der Waals surface area contributed by atoms with Crippen molar-refractivity contribution in [3.63, 3.8) is 0 Å². The predicted molar refractivity (Wildman–Crippen MR) is 135 cm³/mol. The zero-order valence-electron chi connectivity index (χ0n) is 21.2. The third-order valence-electron chi connectivity index (χ3n) is 7.21. The molecule has 37 heavy (non-hydrogen) atoms. The number of ketones is 1. The summed E-state index contributed by atoms with van der Waals surface area (Å²) in [6.07, 6.45) is 4.11. The van der Waals surface area contributed by atoms with E-state index in [-0.39, 0.29) is 24.0 Å². The molecule has 3 aromatic heterocycles. The second kappa shape index (κ2) is 10.5. The Labute approximate surface area is 213 Å². The number of Topliss-reactive ketones (excluding diaryl/α,β-unsaturated/α-hetero) is 1. The number of hydrogen-bond acceptors (Lipinski definition) is 6. The van der Waals surface area contributed by atoms with Crippen molar-refractivity contribution < 1.29 is 18.3 Å². The summed E-state index contributed by atoms with van der Waals surface area (Å²) in [5, 5.41) is 9.76. The van der Waals surface area contributed by atoms with E-state index in [1.165, 1.54) is 6.07 Å². The van der Waals surface area contributed by atoms with Crippen LogP contribution in [-0.4, -0.2) is 68.6 Å². The van der Waals surface area contributed by atoms with E-state index in [9.17, 15) is 13.6 Å². The van der Waals surface area contributed by atoms with Gasteiger partial charge in [-0.3, -0.25) is 14.2 Å². The van der Waals surface area contributed by atoms with Crippen molar-refractivity contribution in [2.75, 3.05) is 33.4 Å². The number of nitrogens with zero attached hydrogens (tertiary/aromatic N) is 6. The first-order chi connectivity index (χ1) is 17.8. The molecule has 0 unspecified atom stereocenters. The molecule has 10 heteroatoms. The third-order valence-corrected chi connectivity index (χ3v) is 7.21. The van der Waals surface area contributed by atoms with Crippen LogP contribution >= 0.6 is 0 Å². The van der Waals surface area contributed by atoms with Crippen LogP contribution in [0.1, 0.15) is 23.6 Å². The van der Waals surface area contributed by atoms with Gasteiger partial charge in [-0.05, 0) is 35.7 Å². The first-order valence-electron chi connectivity index (χ1n) is 12.3. The molecule has 194 valence electrons. The van der Waals surface area contributed by atoms with Crippen molar-refractivity contribution in [2.45, 2.75) is 18.8 Å². The molecule has 0 bridgehead atoms. The topological polar surface area (TPSA) is 78.1 Å². The van der Waals surface area contributed by atoms with E-state index < -0.39 is 11.6 Å². The number of carbonyl (C=O) groups excluding carboxylic acids is 1. The molecule has 1 aliphatic rings. The first-order valence-corrected chi connectivity index (χ1v) is 12.3. The van der Waals surface area contributed by atoms with Gasteiger partial charge in [0.05, 0.1) is 18.5 Å². The number of fused-ring (bicyclic) bond motifs is 1. The molecule has 1 fully saturated rings. The van der Waals surface area contributed by atoms with Crippen LogP contribution in [-0.2, 0) is 30.0 Å². The molecule has 4 aromatic rings. The summed E-state index contributed by atoms with van der Waals surface area (Å²) >= 11 is 0. The second-order valence-electron chi connectivity index (χ2n) is 9.76. The molecule has 0 spiro atoms. The van der Waals surface area contributed by atoms with Crippen molar-refractivity contribution in [3.05, 3.63) is 65.6 Å². The number of rotatable bonds is 9. The fraction of sp³-hybridized carbons (Fsp3) is 0.407. The standard InChI is InChI=1S/C27H30F2N6O2/c1-33-21(12-26(32-33)18-8-19-14-31-34(2)27(19)30-13-18)11-22(36)9-20-15-35(6-7-37-3)16-23(20)17-4-5-24(28)25(29)10-17/h4-5,8,10,12-14,20,23H,6-7,9,11,15-16H2,1-3H3/t20-,23+/m1/s1. The van der Waals surface area contributed by atoms with E-state index >= 15 is 0 Å². The molecule has 0 saturated carbocycles. The lowest BCUT2D eigenvalue weighted by Gasteiger charge is -2.18. The lowest BCUT2D eigenvalue weighted by Crippen LogP contribution is -2.25. The van der Waals surface area contributed by atoms with Crippen molar-refractivity contribution >= 4 is 16.8 Å². The summed E-state index contributed by atoms with van der Waals surface area (Å²) in [5.74, 6) is -1.70.